The van der Waals surface area contributed by atoms with Crippen molar-refractivity contribution in [1.29, 1.82) is 0 Å². The number of carbonyl (C=O) groups is 1. The first-order chi connectivity index (χ1) is 8.26. The molecule has 1 aromatic rings. The largest absolute Gasteiger partial charge is 0.463 e. The van der Waals surface area contributed by atoms with E-state index in [1.165, 1.54) is 11.6 Å². The predicted octanol–water partition coefficient (Wildman–Crippen LogP) is 2.55. The minimum absolute atomic E-state index is 0.319. The van der Waals surface area contributed by atoms with E-state index in [4.69, 9.17) is 16.5 Å². The molecule has 1 rings (SSSR count). The lowest BCUT2D eigenvalue weighted by molar-refractivity contribution is -0.137. The molecule has 0 aliphatic rings. The molecule has 1 N–H and O–H groups in total. The van der Waals surface area contributed by atoms with Crippen molar-refractivity contribution >= 4 is 23.8 Å². The fraction of sp³-hybridized carbons (Fsp3) is 0.308. The van der Waals surface area contributed by atoms with Crippen molar-refractivity contribution in [2.45, 2.75) is 13.3 Å². The Labute approximate surface area is 107 Å². The van der Waals surface area contributed by atoms with Crippen molar-refractivity contribution in [2.75, 3.05) is 13.2 Å². The number of hydrogen-bond acceptors (Lipinski definition) is 3. The number of nitrogens with one attached hydrogen (secondary N) is 1. The van der Waals surface area contributed by atoms with Gasteiger partial charge in [0.2, 0.25) is 0 Å². The third-order valence-electron chi connectivity index (χ3n) is 2.16. The number of halogens is 1. The highest BCUT2D eigenvalue weighted by Crippen LogP contribution is 2.07. The summed E-state index contributed by atoms with van der Waals surface area (Å²) in [7, 11) is 0. The Balaban J connectivity index is 2.61. The van der Waals surface area contributed by atoms with E-state index in [-0.39, 0.29) is 5.97 Å². The zero-order chi connectivity index (χ0) is 12.5. The zero-order valence-electron chi connectivity index (χ0n) is 9.78. The van der Waals surface area contributed by atoms with E-state index >= 15 is 0 Å². The van der Waals surface area contributed by atoms with E-state index in [0.29, 0.717) is 13.2 Å². The molecule has 0 radical (unpaired) electrons. The molecule has 92 valence electrons. The fourth-order valence-corrected chi connectivity index (χ4v) is 1.49. The Morgan fingerprint density at radius 3 is 3.06 bits per heavy atom. The van der Waals surface area contributed by atoms with Crippen LogP contribution in [0, 0.1) is 0 Å². The fourth-order valence-electron chi connectivity index (χ4n) is 1.40. The minimum atomic E-state index is -0.319. The number of benzene rings is 1. The van der Waals surface area contributed by atoms with Crippen LogP contribution in [-0.2, 0) is 16.0 Å². The molecule has 0 bridgehead atoms. The monoisotopic (exact) mass is 253 g/mol. The molecule has 4 heteroatoms. The number of esters is 1. The van der Waals surface area contributed by atoms with E-state index in [1.54, 1.807) is 13.0 Å². The van der Waals surface area contributed by atoms with Gasteiger partial charge in [-0.15, -0.1) is 0 Å². The highest BCUT2D eigenvalue weighted by atomic mass is 35.5. The average molecular weight is 254 g/mol. The molecule has 3 nitrogen and oxygen atoms in total. The third kappa shape index (κ3) is 5.52. The molecular weight excluding hydrogens is 238 g/mol. The second-order valence-corrected chi connectivity index (χ2v) is 3.73. The van der Waals surface area contributed by atoms with Gasteiger partial charge in [-0.25, -0.2) is 9.63 Å². The molecule has 0 saturated carbocycles. The molecule has 0 atom stereocenters. The van der Waals surface area contributed by atoms with Crippen LogP contribution >= 0.6 is 11.8 Å². The third-order valence-corrected chi connectivity index (χ3v) is 2.35. The van der Waals surface area contributed by atoms with Crippen molar-refractivity contribution in [3.63, 3.8) is 0 Å². The number of carbonyl (C=O) groups excluding carboxylic acids is 1. The lowest BCUT2D eigenvalue weighted by Crippen LogP contribution is -2.04. The molecule has 0 aliphatic heterocycles. The average Bonchev–Trinajstić information content (AvgIpc) is 2.35. The molecule has 0 aliphatic carbocycles. The summed E-state index contributed by atoms with van der Waals surface area (Å²) in [6.07, 6.45) is 4.03. The van der Waals surface area contributed by atoms with Crippen LogP contribution in [0.2, 0.25) is 0 Å². The van der Waals surface area contributed by atoms with Crippen LogP contribution in [0.1, 0.15) is 18.1 Å². The standard InChI is InChI=1S/C13H16ClNO2/c1-2-17-13(16)7-6-11-4-3-5-12(10-11)8-9-15-14/h3-7,10,15H,2,8-9H2,1H3/b7-6-. The van der Waals surface area contributed by atoms with Gasteiger partial charge in [-0.1, -0.05) is 24.3 Å². The maximum atomic E-state index is 11.1. The van der Waals surface area contributed by atoms with Gasteiger partial charge in [0.05, 0.1) is 6.61 Å². The predicted molar refractivity (Wildman–Crippen MR) is 69.7 cm³/mol. The quantitative estimate of drug-likeness (QED) is 0.481. The summed E-state index contributed by atoms with van der Waals surface area (Å²) in [5.74, 6) is -0.319. The molecule has 0 heterocycles. The van der Waals surface area contributed by atoms with Crippen molar-refractivity contribution in [3.8, 4) is 0 Å². The van der Waals surface area contributed by atoms with Crippen molar-refractivity contribution < 1.29 is 9.53 Å². The number of ether oxygens (including phenoxy) is 1. The van der Waals surface area contributed by atoms with Gasteiger partial charge in [0.1, 0.15) is 0 Å². The van der Waals surface area contributed by atoms with E-state index in [2.05, 4.69) is 4.84 Å². The van der Waals surface area contributed by atoms with Crippen LogP contribution in [0.15, 0.2) is 30.3 Å². The molecule has 17 heavy (non-hydrogen) atoms. The Kier molecular flexibility index (Phi) is 6.37. The van der Waals surface area contributed by atoms with Crippen LogP contribution in [0.4, 0.5) is 0 Å². The number of rotatable bonds is 6. The lowest BCUT2D eigenvalue weighted by atomic mass is 10.1. The molecule has 0 aromatic heterocycles. The Morgan fingerprint density at radius 1 is 1.53 bits per heavy atom. The summed E-state index contributed by atoms with van der Waals surface area (Å²) in [6.45, 7) is 2.89. The van der Waals surface area contributed by atoms with E-state index in [9.17, 15) is 4.79 Å². The summed E-state index contributed by atoms with van der Waals surface area (Å²) < 4.78 is 4.81. The smallest absolute Gasteiger partial charge is 0.330 e. The molecule has 1 aromatic carbocycles. The molecule has 0 fully saturated rings. The highest BCUT2D eigenvalue weighted by Gasteiger charge is 1.96. The summed E-state index contributed by atoms with van der Waals surface area (Å²) in [5, 5.41) is 0. The van der Waals surface area contributed by atoms with Crippen LogP contribution in [0.5, 0.6) is 0 Å². The molecular formula is C13H16ClNO2. The van der Waals surface area contributed by atoms with E-state index in [0.717, 1.165) is 12.0 Å². The lowest BCUT2D eigenvalue weighted by Gasteiger charge is -2.01. The normalized spacial score (nSPS) is 10.7. The molecule has 0 spiro atoms. The SMILES string of the molecule is CCOC(=O)/C=C\c1cccc(CCNCl)c1. The summed E-state index contributed by atoms with van der Waals surface area (Å²) in [4.78, 5) is 13.7. The molecule has 0 amide bonds. The first-order valence-corrected chi connectivity index (χ1v) is 5.91. The van der Waals surface area contributed by atoms with Crippen molar-refractivity contribution in [2.24, 2.45) is 0 Å². The van der Waals surface area contributed by atoms with Gasteiger partial charge in [-0.05, 0) is 42.3 Å². The van der Waals surface area contributed by atoms with Crippen LogP contribution < -0.4 is 4.84 Å². The maximum absolute atomic E-state index is 11.1. The van der Waals surface area contributed by atoms with Crippen LogP contribution in [-0.4, -0.2) is 19.1 Å². The summed E-state index contributed by atoms with van der Waals surface area (Å²) in [5.41, 5.74) is 2.15. The van der Waals surface area contributed by atoms with Gasteiger partial charge in [0.25, 0.3) is 0 Å². The molecule has 0 saturated heterocycles. The zero-order valence-corrected chi connectivity index (χ0v) is 10.5. The van der Waals surface area contributed by atoms with Crippen molar-refractivity contribution in [1.82, 2.24) is 4.84 Å². The van der Waals surface area contributed by atoms with Gasteiger partial charge in [0, 0.05) is 12.6 Å². The maximum Gasteiger partial charge on any atom is 0.330 e. The Morgan fingerprint density at radius 2 is 2.35 bits per heavy atom. The van der Waals surface area contributed by atoms with Crippen LogP contribution in [0.3, 0.4) is 0 Å². The van der Waals surface area contributed by atoms with Gasteiger partial charge in [-0.3, -0.25) is 0 Å². The van der Waals surface area contributed by atoms with Gasteiger partial charge < -0.3 is 4.74 Å². The van der Waals surface area contributed by atoms with E-state index in [1.807, 2.05) is 24.3 Å². The molecule has 0 unspecified atom stereocenters. The van der Waals surface area contributed by atoms with Crippen LogP contribution in [0.25, 0.3) is 6.08 Å². The topological polar surface area (TPSA) is 38.3 Å². The first-order valence-electron chi connectivity index (χ1n) is 5.53. The van der Waals surface area contributed by atoms with Gasteiger partial charge >= 0.3 is 5.97 Å². The summed E-state index contributed by atoms with van der Waals surface area (Å²) in [6, 6.07) is 7.93. The van der Waals surface area contributed by atoms with Crippen molar-refractivity contribution in [3.05, 3.63) is 41.5 Å². The Hall–Kier alpha value is -1.32. The second-order valence-electron chi connectivity index (χ2n) is 3.46. The van der Waals surface area contributed by atoms with Gasteiger partial charge in [-0.2, -0.15) is 0 Å². The van der Waals surface area contributed by atoms with E-state index < -0.39 is 0 Å². The van der Waals surface area contributed by atoms with Gasteiger partial charge in [0.15, 0.2) is 0 Å². The number of hydrogen-bond donors (Lipinski definition) is 1. The Bertz CT molecular complexity index is 391. The minimum Gasteiger partial charge on any atom is -0.463 e. The summed E-state index contributed by atoms with van der Waals surface area (Å²) >= 11 is 5.40. The second kappa shape index (κ2) is 7.87. The first kappa shape index (κ1) is 13.7. The highest BCUT2D eigenvalue weighted by molar-refractivity contribution is 6.13.